The van der Waals surface area contributed by atoms with Gasteiger partial charge in [-0.2, -0.15) is 0 Å². The minimum atomic E-state index is -0.366. The van der Waals surface area contributed by atoms with Crippen molar-refractivity contribution in [3.05, 3.63) is 35.5 Å². The van der Waals surface area contributed by atoms with Crippen molar-refractivity contribution in [1.29, 1.82) is 0 Å². The Kier molecular flexibility index (Phi) is 3.15. The second-order valence-electron chi connectivity index (χ2n) is 4.12. The molecule has 0 fully saturated rings. The summed E-state index contributed by atoms with van der Waals surface area (Å²) >= 11 is 0. The van der Waals surface area contributed by atoms with Gasteiger partial charge in [-0.05, 0) is 31.6 Å². The Balaban J connectivity index is 2.67. The van der Waals surface area contributed by atoms with Crippen LogP contribution in [0.2, 0.25) is 0 Å². The molecule has 3 N–H and O–H groups in total. The van der Waals surface area contributed by atoms with Crippen LogP contribution in [-0.2, 0) is 13.5 Å². The number of fused-ring (bicyclic) bond motifs is 1. The van der Waals surface area contributed by atoms with E-state index in [2.05, 4.69) is 5.32 Å². The molecule has 0 saturated heterocycles. The van der Waals surface area contributed by atoms with Gasteiger partial charge in [0, 0.05) is 18.0 Å². The quantitative estimate of drug-likeness (QED) is 0.826. The van der Waals surface area contributed by atoms with Gasteiger partial charge in [0.2, 0.25) is 0 Å². The number of aryl methyl sites for hydroxylation is 1. The number of nitrogens with two attached hydrogens (primary N) is 1. The maximum Gasteiger partial charge on any atom is 0.265 e. The fourth-order valence-electron chi connectivity index (χ4n) is 2.29. The molecule has 0 atom stereocenters. The number of nitrogens with one attached hydrogen (secondary N) is 1. The molecule has 0 unspecified atom stereocenters. The zero-order valence-electron chi connectivity index (χ0n) is 10.2. The van der Waals surface area contributed by atoms with Crippen LogP contribution in [0.15, 0.2) is 24.3 Å². The molecule has 0 aliphatic carbocycles. The van der Waals surface area contributed by atoms with Gasteiger partial charge in [0.1, 0.15) is 5.69 Å². The predicted octanol–water partition coefficient (Wildman–Crippen LogP) is 1.04. The SMILES string of the molecule is CNCCc1c(C(N)=O)n(C)c2ccccc12. The highest BCUT2D eigenvalue weighted by atomic mass is 16.1. The van der Waals surface area contributed by atoms with Gasteiger partial charge in [0.15, 0.2) is 0 Å². The lowest BCUT2D eigenvalue weighted by Gasteiger charge is -2.03. The molecule has 1 aromatic heterocycles. The molecule has 90 valence electrons. The number of rotatable bonds is 4. The summed E-state index contributed by atoms with van der Waals surface area (Å²) in [6.45, 7) is 0.828. The molecule has 17 heavy (non-hydrogen) atoms. The number of benzene rings is 1. The van der Waals surface area contributed by atoms with E-state index in [1.54, 1.807) is 0 Å². The van der Waals surface area contributed by atoms with Crippen molar-refractivity contribution in [3.63, 3.8) is 0 Å². The van der Waals surface area contributed by atoms with Crippen LogP contribution >= 0.6 is 0 Å². The van der Waals surface area contributed by atoms with Crippen LogP contribution in [0.4, 0.5) is 0 Å². The molecule has 1 amide bonds. The lowest BCUT2D eigenvalue weighted by molar-refractivity contribution is 0.0992. The second kappa shape index (κ2) is 4.59. The lowest BCUT2D eigenvalue weighted by atomic mass is 10.1. The molecule has 0 aliphatic rings. The van der Waals surface area contributed by atoms with Crippen LogP contribution < -0.4 is 11.1 Å². The number of carbonyl (C=O) groups is 1. The third-order valence-electron chi connectivity index (χ3n) is 3.07. The van der Waals surface area contributed by atoms with Crippen LogP contribution in [0.1, 0.15) is 16.1 Å². The van der Waals surface area contributed by atoms with Gasteiger partial charge in [-0.15, -0.1) is 0 Å². The van der Waals surface area contributed by atoms with Crippen LogP contribution in [0.25, 0.3) is 10.9 Å². The number of amides is 1. The molecular weight excluding hydrogens is 214 g/mol. The number of hydrogen-bond acceptors (Lipinski definition) is 2. The molecule has 0 spiro atoms. The normalized spacial score (nSPS) is 10.9. The molecule has 0 bridgehead atoms. The zero-order valence-corrected chi connectivity index (χ0v) is 10.2. The standard InChI is InChI=1S/C13H17N3O/c1-15-8-7-10-9-5-3-4-6-11(9)16(2)12(10)13(14)17/h3-6,15H,7-8H2,1-2H3,(H2,14,17). The molecule has 2 aromatic rings. The highest BCUT2D eigenvalue weighted by Crippen LogP contribution is 2.25. The molecule has 1 aromatic carbocycles. The topological polar surface area (TPSA) is 60.0 Å². The van der Waals surface area contributed by atoms with E-state index in [-0.39, 0.29) is 5.91 Å². The molecule has 0 radical (unpaired) electrons. The number of primary amides is 1. The Morgan fingerprint density at radius 1 is 1.41 bits per heavy atom. The Morgan fingerprint density at radius 3 is 2.76 bits per heavy atom. The van der Waals surface area contributed by atoms with Crippen molar-refractivity contribution in [1.82, 2.24) is 9.88 Å². The third kappa shape index (κ3) is 1.91. The first-order valence-electron chi connectivity index (χ1n) is 5.67. The largest absolute Gasteiger partial charge is 0.364 e. The van der Waals surface area contributed by atoms with Gasteiger partial charge in [-0.3, -0.25) is 4.79 Å². The van der Waals surface area contributed by atoms with Gasteiger partial charge >= 0.3 is 0 Å². The summed E-state index contributed by atoms with van der Waals surface area (Å²) in [6.07, 6.45) is 0.802. The Labute approximate surface area is 100 Å². The van der Waals surface area contributed by atoms with E-state index in [4.69, 9.17) is 5.73 Å². The average molecular weight is 231 g/mol. The summed E-state index contributed by atoms with van der Waals surface area (Å²) in [5, 5.41) is 4.21. The van der Waals surface area contributed by atoms with Gasteiger partial charge in [0.25, 0.3) is 5.91 Å². The predicted molar refractivity (Wildman–Crippen MR) is 69.1 cm³/mol. The fraction of sp³-hybridized carbons (Fsp3) is 0.308. The van der Waals surface area contributed by atoms with E-state index in [1.165, 1.54) is 0 Å². The number of aromatic nitrogens is 1. The zero-order chi connectivity index (χ0) is 12.4. The van der Waals surface area contributed by atoms with Crippen molar-refractivity contribution in [2.45, 2.75) is 6.42 Å². The molecule has 0 aliphatic heterocycles. The summed E-state index contributed by atoms with van der Waals surface area (Å²) in [7, 11) is 3.78. The van der Waals surface area contributed by atoms with Crippen LogP contribution in [-0.4, -0.2) is 24.1 Å². The third-order valence-corrected chi connectivity index (χ3v) is 3.07. The molecule has 1 heterocycles. The smallest absolute Gasteiger partial charge is 0.265 e. The van der Waals surface area contributed by atoms with E-state index in [1.807, 2.05) is 42.9 Å². The summed E-state index contributed by atoms with van der Waals surface area (Å²) in [5.41, 5.74) is 8.16. The van der Waals surface area contributed by atoms with Gasteiger partial charge in [0.05, 0.1) is 0 Å². The summed E-state index contributed by atoms with van der Waals surface area (Å²) in [6, 6.07) is 7.99. The second-order valence-corrected chi connectivity index (χ2v) is 4.12. The molecule has 2 rings (SSSR count). The van der Waals surface area contributed by atoms with E-state index in [0.29, 0.717) is 5.69 Å². The van der Waals surface area contributed by atoms with Crippen molar-refractivity contribution in [3.8, 4) is 0 Å². The number of para-hydroxylation sites is 1. The van der Waals surface area contributed by atoms with Gasteiger partial charge < -0.3 is 15.6 Å². The molecular formula is C13H17N3O. The summed E-state index contributed by atoms with van der Waals surface area (Å²) < 4.78 is 1.88. The van der Waals surface area contributed by atoms with Crippen molar-refractivity contribution >= 4 is 16.8 Å². The lowest BCUT2D eigenvalue weighted by Crippen LogP contribution is -2.19. The molecule has 4 heteroatoms. The number of carbonyl (C=O) groups excluding carboxylic acids is 1. The van der Waals surface area contributed by atoms with Crippen LogP contribution in [0.5, 0.6) is 0 Å². The highest BCUT2D eigenvalue weighted by Gasteiger charge is 2.17. The number of hydrogen-bond donors (Lipinski definition) is 2. The maximum atomic E-state index is 11.6. The van der Waals surface area contributed by atoms with Crippen molar-refractivity contribution in [2.24, 2.45) is 12.8 Å². The van der Waals surface area contributed by atoms with Crippen LogP contribution in [0.3, 0.4) is 0 Å². The first-order valence-corrected chi connectivity index (χ1v) is 5.67. The Morgan fingerprint density at radius 2 is 2.12 bits per heavy atom. The molecule has 4 nitrogen and oxygen atoms in total. The van der Waals surface area contributed by atoms with E-state index >= 15 is 0 Å². The highest BCUT2D eigenvalue weighted by molar-refractivity contribution is 6.00. The first-order chi connectivity index (χ1) is 8.16. The fourth-order valence-corrected chi connectivity index (χ4v) is 2.29. The maximum absolute atomic E-state index is 11.6. The number of nitrogens with zero attached hydrogens (tertiary/aromatic N) is 1. The average Bonchev–Trinajstić information content (AvgIpc) is 2.60. The Bertz CT molecular complexity index is 557. The minimum absolute atomic E-state index is 0.366. The monoisotopic (exact) mass is 231 g/mol. The van der Waals surface area contributed by atoms with Crippen molar-refractivity contribution < 1.29 is 4.79 Å². The van der Waals surface area contributed by atoms with Crippen molar-refractivity contribution in [2.75, 3.05) is 13.6 Å². The van der Waals surface area contributed by atoms with E-state index < -0.39 is 0 Å². The van der Waals surface area contributed by atoms with Gasteiger partial charge in [-0.25, -0.2) is 0 Å². The van der Waals surface area contributed by atoms with E-state index in [0.717, 1.165) is 29.4 Å². The van der Waals surface area contributed by atoms with Gasteiger partial charge in [-0.1, -0.05) is 18.2 Å². The first kappa shape index (κ1) is 11.7. The molecule has 0 saturated carbocycles. The Hall–Kier alpha value is -1.81. The van der Waals surface area contributed by atoms with E-state index in [9.17, 15) is 4.79 Å². The summed E-state index contributed by atoms with van der Waals surface area (Å²) in [4.78, 5) is 11.6. The number of likely N-dealkylation sites (N-methyl/N-ethyl adjacent to an activating group) is 1. The minimum Gasteiger partial charge on any atom is -0.364 e. The van der Waals surface area contributed by atoms with Crippen LogP contribution in [0, 0.1) is 0 Å². The summed E-state index contributed by atoms with van der Waals surface area (Å²) in [5.74, 6) is -0.366.